The first-order chi connectivity index (χ1) is 4.22. The van der Waals surface area contributed by atoms with E-state index in [4.69, 9.17) is 0 Å². The minimum absolute atomic E-state index is 0.954. The molecular formula is C9H12. The van der Waals surface area contributed by atoms with Crippen molar-refractivity contribution in [2.45, 2.75) is 6.92 Å². The molecule has 0 rings (SSSR count). The quantitative estimate of drug-likeness (QED) is 0.502. The third-order valence-corrected chi connectivity index (χ3v) is 1.12. The van der Waals surface area contributed by atoms with Gasteiger partial charge in [-0.15, -0.1) is 0 Å². The number of hydrogen-bond donors (Lipinski definition) is 0. The molecule has 0 unspecified atom stereocenters. The van der Waals surface area contributed by atoms with Crippen LogP contribution < -0.4 is 0 Å². The molecule has 0 fully saturated rings. The SMILES string of the molecule is C=C/C=C(\C)C(=C)C=C. The Morgan fingerprint density at radius 1 is 1.33 bits per heavy atom. The molecule has 0 N–H and O–H groups in total. The average molecular weight is 120 g/mol. The predicted octanol–water partition coefficient (Wildman–Crippen LogP) is 2.86. The Kier molecular flexibility index (Phi) is 3.45. The van der Waals surface area contributed by atoms with Gasteiger partial charge in [0.15, 0.2) is 0 Å². The Balaban J connectivity index is 4.18. The van der Waals surface area contributed by atoms with Crippen LogP contribution >= 0.6 is 0 Å². The van der Waals surface area contributed by atoms with Gasteiger partial charge in [-0.2, -0.15) is 0 Å². The van der Waals surface area contributed by atoms with Crippen molar-refractivity contribution in [1.29, 1.82) is 0 Å². The van der Waals surface area contributed by atoms with Gasteiger partial charge in [0.25, 0.3) is 0 Å². The molecule has 0 amide bonds. The second kappa shape index (κ2) is 3.90. The van der Waals surface area contributed by atoms with E-state index in [9.17, 15) is 0 Å². The van der Waals surface area contributed by atoms with E-state index in [-0.39, 0.29) is 0 Å². The van der Waals surface area contributed by atoms with Crippen LogP contribution in [0.3, 0.4) is 0 Å². The third kappa shape index (κ3) is 2.70. The normalized spacial score (nSPS) is 10.6. The molecule has 0 aromatic rings. The summed E-state index contributed by atoms with van der Waals surface area (Å²) in [7, 11) is 0. The maximum absolute atomic E-state index is 3.76. The smallest absolute Gasteiger partial charge is 0.0305 e. The van der Waals surface area contributed by atoms with Crippen LogP contribution in [0.1, 0.15) is 6.92 Å². The summed E-state index contributed by atoms with van der Waals surface area (Å²) in [5.41, 5.74) is 2.06. The van der Waals surface area contributed by atoms with Crippen molar-refractivity contribution >= 4 is 0 Å². The first kappa shape index (κ1) is 7.96. The lowest BCUT2D eigenvalue weighted by Crippen LogP contribution is -1.74. The molecule has 48 valence electrons. The maximum Gasteiger partial charge on any atom is -0.0305 e. The van der Waals surface area contributed by atoms with Gasteiger partial charge in [0, 0.05) is 0 Å². The highest BCUT2D eigenvalue weighted by Gasteiger charge is 1.85. The molecule has 0 aliphatic rings. The zero-order valence-corrected chi connectivity index (χ0v) is 5.85. The van der Waals surface area contributed by atoms with Gasteiger partial charge in [-0.25, -0.2) is 0 Å². The van der Waals surface area contributed by atoms with E-state index >= 15 is 0 Å². The molecule has 0 bridgehead atoms. The van der Waals surface area contributed by atoms with Crippen LogP contribution in [0.4, 0.5) is 0 Å². The fourth-order valence-electron chi connectivity index (χ4n) is 0.445. The first-order valence-corrected chi connectivity index (χ1v) is 2.83. The van der Waals surface area contributed by atoms with Crippen LogP contribution in [-0.2, 0) is 0 Å². The lowest BCUT2D eigenvalue weighted by Gasteiger charge is -1.94. The van der Waals surface area contributed by atoms with E-state index in [0.717, 1.165) is 11.1 Å². The highest BCUT2D eigenvalue weighted by atomic mass is 13.9. The minimum atomic E-state index is 0.954. The Bertz CT molecular complexity index is 159. The van der Waals surface area contributed by atoms with Crippen LogP contribution in [0.5, 0.6) is 0 Å². The minimum Gasteiger partial charge on any atom is -0.0991 e. The van der Waals surface area contributed by atoms with E-state index in [1.807, 2.05) is 13.0 Å². The zero-order valence-electron chi connectivity index (χ0n) is 5.85. The van der Waals surface area contributed by atoms with E-state index in [2.05, 4.69) is 19.7 Å². The predicted molar refractivity (Wildman–Crippen MR) is 43.3 cm³/mol. The molecule has 0 heteroatoms. The topological polar surface area (TPSA) is 0 Å². The summed E-state index contributed by atoms with van der Waals surface area (Å²) in [5, 5.41) is 0. The van der Waals surface area contributed by atoms with Crippen molar-refractivity contribution in [3.8, 4) is 0 Å². The molecular weight excluding hydrogens is 108 g/mol. The largest absolute Gasteiger partial charge is 0.0991 e. The molecule has 9 heavy (non-hydrogen) atoms. The van der Waals surface area contributed by atoms with Crippen molar-refractivity contribution in [3.05, 3.63) is 49.1 Å². The molecule has 0 spiro atoms. The van der Waals surface area contributed by atoms with Crippen molar-refractivity contribution < 1.29 is 0 Å². The molecule has 0 aromatic carbocycles. The number of hydrogen-bond acceptors (Lipinski definition) is 0. The summed E-state index contributed by atoms with van der Waals surface area (Å²) in [6, 6.07) is 0. The van der Waals surface area contributed by atoms with Gasteiger partial charge in [-0.3, -0.25) is 0 Å². The van der Waals surface area contributed by atoms with Crippen LogP contribution in [0, 0.1) is 0 Å². The summed E-state index contributed by atoms with van der Waals surface area (Å²) < 4.78 is 0. The molecule has 0 heterocycles. The molecule has 0 nitrogen and oxygen atoms in total. The second-order valence-corrected chi connectivity index (χ2v) is 1.81. The molecule has 0 radical (unpaired) electrons. The van der Waals surface area contributed by atoms with E-state index in [1.54, 1.807) is 12.2 Å². The average Bonchev–Trinajstić information content (AvgIpc) is 1.87. The van der Waals surface area contributed by atoms with Gasteiger partial charge in [-0.05, 0) is 18.1 Å². The van der Waals surface area contributed by atoms with Crippen LogP contribution in [0.2, 0.25) is 0 Å². The summed E-state index contributed by atoms with van der Waals surface area (Å²) in [5.74, 6) is 0. The van der Waals surface area contributed by atoms with Crippen molar-refractivity contribution in [2.75, 3.05) is 0 Å². The standard InChI is InChI=1S/C9H12/c1-5-7-9(4)8(3)6-2/h5-7H,1-3H2,4H3/b9-7+. The Morgan fingerprint density at radius 2 is 1.89 bits per heavy atom. The third-order valence-electron chi connectivity index (χ3n) is 1.12. The van der Waals surface area contributed by atoms with Crippen molar-refractivity contribution in [3.63, 3.8) is 0 Å². The molecule has 0 saturated heterocycles. The maximum atomic E-state index is 3.76. The van der Waals surface area contributed by atoms with E-state index < -0.39 is 0 Å². The summed E-state index contributed by atoms with van der Waals surface area (Å²) in [6.45, 7) is 12.9. The lowest BCUT2D eigenvalue weighted by atomic mass is 10.1. The fraction of sp³-hybridized carbons (Fsp3) is 0.111. The second-order valence-electron chi connectivity index (χ2n) is 1.81. The Hall–Kier alpha value is -1.04. The molecule has 0 aliphatic heterocycles. The van der Waals surface area contributed by atoms with Crippen LogP contribution in [0.25, 0.3) is 0 Å². The first-order valence-electron chi connectivity index (χ1n) is 2.83. The van der Waals surface area contributed by atoms with Gasteiger partial charge in [-0.1, -0.05) is 38.0 Å². The van der Waals surface area contributed by atoms with E-state index in [1.165, 1.54) is 0 Å². The molecule has 0 saturated carbocycles. The van der Waals surface area contributed by atoms with Gasteiger partial charge < -0.3 is 0 Å². The Labute approximate surface area is 56.9 Å². The molecule has 0 aliphatic carbocycles. The van der Waals surface area contributed by atoms with Gasteiger partial charge >= 0.3 is 0 Å². The number of rotatable bonds is 3. The summed E-state index contributed by atoms with van der Waals surface area (Å²) >= 11 is 0. The van der Waals surface area contributed by atoms with Crippen molar-refractivity contribution in [2.24, 2.45) is 0 Å². The lowest BCUT2D eigenvalue weighted by molar-refractivity contribution is 1.45. The monoisotopic (exact) mass is 120 g/mol. The van der Waals surface area contributed by atoms with Gasteiger partial charge in [0.1, 0.15) is 0 Å². The Morgan fingerprint density at radius 3 is 2.22 bits per heavy atom. The zero-order chi connectivity index (χ0) is 7.28. The highest BCUT2D eigenvalue weighted by Crippen LogP contribution is 2.05. The number of allylic oxidation sites excluding steroid dienone is 5. The summed E-state index contributed by atoms with van der Waals surface area (Å²) in [6.07, 6.45) is 5.38. The van der Waals surface area contributed by atoms with Crippen LogP contribution in [0.15, 0.2) is 49.1 Å². The molecule has 0 aromatic heterocycles. The molecule has 0 atom stereocenters. The fourth-order valence-corrected chi connectivity index (χ4v) is 0.445. The van der Waals surface area contributed by atoms with Gasteiger partial charge in [0.05, 0.1) is 0 Å². The summed E-state index contributed by atoms with van der Waals surface area (Å²) in [4.78, 5) is 0. The van der Waals surface area contributed by atoms with Crippen LogP contribution in [-0.4, -0.2) is 0 Å². The highest BCUT2D eigenvalue weighted by molar-refractivity contribution is 5.36. The van der Waals surface area contributed by atoms with Gasteiger partial charge in [0.2, 0.25) is 0 Å². The van der Waals surface area contributed by atoms with Crippen molar-refractivity contribution in [1.82, 2.24) is 0 Å². The van der Waals surface area contributed by atoms with E-state index in [0.29, 0.717) is 0 Å².